The van der Waals surface area contributed by atoms with Crippen LogP contribution in [-0.4, -0.2) is 30.9 Å². The maximum atomic E-state index is 13.2. The summed E-state index contributed by atoms with van der Waals surface area (Å²) < 4.78 is 197. The van der Waals surface area contributed by atoms with Crippen molar-refractivity contribution in [3.8, 4) is 0 Å². The summed E-state index contributed by atoms with van der Waals surface area (Å²) in [5.74, 6) is -26.5. The van der Waals surface area contributed by atoms with Gasteiger partial charge in [-0.3, -0.25) is 0 Å². The van der Waals surface area contributed by atoms with Crippen molar-refractivity contribution in [2.24, 2.45) is 35.5 Å². The Morgan fingerprint density at radius 2 is 0.571 bits per heavy atom. The van der Waals surface area contributed by atoms with Crippen LogP contribution in [0.4, 0.5) is 65.9 Å². The van der Waals surface area contributed by atoms with E-state index in [1.807, 2.05) is 0 Å². The topological polar surface area (TPSA) is 0 Å². The largest absolute Gasteiger partial charge is 0.393 e. The molecule has 1 saturated carbocycles. The Bertz CT molecular complexity index is 491. The predicted molar refractivity (Wildman–Crippen MR) is 61.5 cm³/mol. The molecule has 0 nitrogen and oxygen atoms in total. The van der Waals surface area contributed by atoms with E-state index in [4.69, 9.17) is 0 Å². The number of alkyl halides is 15. The molecule has 1 aliphatic rings. The zero-order valence-corrected chi connectivity index (χ0v) is 13.3. The second-order valence-corrected chi connectivity index (χ2v) is 6.41. The fourth-order valence-corrected chi connectivity index (χ4v) is 4.05. The molecule has 0 aromatic rings. The van der Waals surface area contributed by atoms with Crippen LogP contribution in [0.2, 0.25) is 0 Å². The van der Waals surface area contributed by atoms with E-state index in [9.17, 15) is 65.9 Å². The van der Waals surface area contributed by atoms with Crippen LogP contribution >= 0.6 is 0 Å². The van der Waals surface area contributed by atoms with Crippen LogP contribution < -0.4 is 0 Å². The van der Waals surface area contributed by atoms with E-state index in [-0.39, 0.29) is 0 Å². The summed E-state index contributed by atoms with van der Waals surface area (Å²) in [5, 5.41) is 0. The van der Waals surface area contributed by atoms with E-state index < -0.39 is 72.8 Å². The van der Waals surface area contributed by atoms with Gasteiger partial charge in [0, 0.05) is 0 Å². The average molecular weight is 452 g/mol. The minimum Gasteiger partial charge on any atom is -0.171 e. The van der Waals surface area contributed by atoms with E-state index >= 15 is 0 Å². The minimum atomic E-state index is -6.63. The molecule has 0 aromatic heterocycles. The SMILES string of the molecule is CCC1C(C(F)(F)F)C(C(F)(F)F)C(C(F)(F)F)C(C(F)(F)F)C1C(F)(F)F. The molecule has 15 heteroatoms. The van der Waals surface area contributed by atoms with Crippen molar-refractivity contribution in [1.29, 1.82) is 0 Å². The highest BCUT2D eigenvalue weighted by Gasteiger charge is 2.78. The first-order valence-electron chi connectivity index (χ1n) is 7.39. The molecule has 28 heavy (non-hydrogen) atoms. The average Bonchev–Trinajstić information content (AvgIpc) is 2.38. The van der Waals surface area contributed by atoms with E-state index in [1.54, 1.807) is 0 Å². The molecule has 4 atom stereocenters. The van der Waals surface area contributed by atoms with Crippen molar-refractivity contribution >= 4 is 0 Å². The van der Waals surface area contributed by atoms with E-state index in [0.717, 1.165) is 0 Å². The molecular weight excluding hydrogens is 441 g/mol. The molecule has 0 bridgehead atoms. The first kappa shape index (κ1) is 25.0. The zero-order valence-electron chi connectivity index (χ0n) is 13.3. The fraction of sp³-hybridized carbons (Fsp3) is 1.00. The van der Waals surface area contributed by atoms with Gasteiger partial charge < -0.3 is 0 Å². The smallest absolute Gasteiger partial charge is 0.171 e. The Morgan fingerprint density at radius 3 is 0.714 bits per heavy atom. The lowest BCUT2D eigenvalue weighted by atomic mass is 9.54. The highest BCUT2D eigenvalue weighted by Crippen LogP contribution is 2.66. The maximum absolute atomic E-state index is 13.2. The standard InChI is InChI=1S/C13H11F15/c1-2-3-4(9(14,15)16)6(11(20,21)22)8(13(26,27)28)7(12(23,24)25)5(3)10(17,18)19/h3-8H,2H2,1H3. The predicted octanol–water partition coefficient (Wildman–Crippen LogP) is 6.92. The monoisotopic (exact) mass is 452 g/mol. The highest BCUT2D eigenvalue weighted by molar-refractivity contribution is 5.06. The van der Waals surface area contributed by atoms with Crippen LogP contribution in [0, 0.1) is 35.5 Å². The lowest BCUT2D eigenvalue weighted by Crippen LogP contribution is -2.64. The molecule has 0 radical (unpaired) electrons. The van der Waals surface area contributed by atoms with Crippen molar-refractivity contribution in [3.63, 3.8) is 0 Å². The Hall–Kier alpha value is -1.05. The van der Waals surface area contributed by atoms with Gasteiger partial charge in [0.2, 0.25) is 0 Å². The minimum absolute atomic E-state index is 0.455. The first-order valence-corrected chi connectivity index (χ1v) is 7.39. The van der Waals surface area contributed by atoms with Gasteiger partial charge in [-0.2, -0.15) is 65.9 Å². The van der Waals surface area contributed by atoms with Crippen LogP contribution in [0.1, 0.15) is 13.3 Å². The summed E-state index contributed by atoms with van der Waals surface area (Å²) in [6.45, 7) is 0.455. The fourth-order valence-electron chi connectivity index (χ4n) is 4.05. The van der Waals surface area contributed by atoms with Gasteiger partial charge in [-0.05, 0) is 5.92 Å². The molecule has 0 aliphatic heterocycles. The van der Waals surface area contributed by atoms with Crippen LogP contribution in [0.15, 0.2) is 0 Å². The number of rotatable bonds is 1. The zero-order chi connectivity index (χ0) is 22.7. The summed E-state index contributed by atoms with van der Waals surface area (Å²) >= 11 is 0. The van der Waals surface area contributed by atoms with Gasteiger partial charge in [0.1, 0.15) is 0 Å². The summed E-state index contributed by atoms with van der Waals surface area (Å²) in [7, 11) is 0. The van der Waals surface area contributed by atoms with Gasteiger partial charge in [-0.1, -0.05) is 13.3 Å². The Balaban J connectivity index is 3.99. The lowest BCUT2D eigenvalue weighted by molar-refractivity contribution is -0.390. The van der Waals surface area contributed by atoms with Gasteiger partial charge in [-0.25, -0.2) is 0 Å². The number of halogens is 15. The summed E-state index contributed by atoms with van der Waals surface area (Å²) in [6.07, 6.45) is -33.6. The molecule has 1 rings (SSSR count). The third-order valence-corrected chi connectivity index (χ3v) is 4.83. The molecule has 0 amide bonds. The molecule has 0 heterocycles. The molecule has 168 valence electrons. The lowest BCUT2D eigenvalue weighted by Gasteiger charge is -2.53. The summed E-state index contributed by atoms with van der Waals surface area (Å²) in [4.78, 5) is 0. The molecule has 0 saturated heterocycles. The van der Waals surface area contributed by atoms with E-state index in [1.165, 1.54) is 0 Å². The highest BCUT2D eigenvalue weighted by atomic mass is 19.4. The Kier molecular flexibility index (Phi) is 6.27. The van der Waals surface area contributed by atoms with E-state index in [0.29, 0.717) is 6.92 Å². The molecule has 1 aliphatic carbocycles. The quantitative estimate of drug-likeness (QED) is 0.379. The molecule has 0 aromatic carbocycles. The second kappa shape index (κ2) is 7.03. The Labute approximate surface area is 147 Å². The van der Waals surface area contributed by atoms with Crippen molar-refractivity contribution in [1.82, 2.24) is 0 Å². The van der Waals surface area contributed by atoms with Gasteiger partial charge >= 0.3 is 30.9 Å². The third-order valence-electron chi connectivity index (χ3n) is 4.83. The maximum Gasteiger partial charge on any atom is 0.393 e. The van der Waals surface area contributed by atoms with Crippen molar-refractivity contribution in [2.75, 3.05) is 0 Å². The van der Waals surface area contributed by atoms with Crippen LogP contribution in [0.5, 0.6) is 0 Å². The van der Waals surface area contributed by atoms with Gasteiger partial charge in [0.05, 0.1) is 29.6 Å². The van der Waals surface area contributed by atoms with Crippen LogP contribution in [0.25, 0.3) is 0 Å². The van der Waals surface area contributed by atoms with E-state index in [2.05, 4.69) is 0 Å². The van der Waals surface area contributed by atoms with Crippen molar-refractivity contribution in [3.05, 3.63) is 0 Å². The summed E-state index contributed by atoms with van der Waals surface area (Å²) in [6, 6.07) is 0. The molecular formula is C13H11F15. The van der Waals surface area contributed by atoms with Gasteiger partial charge in [0.25, 0.3) is 0 Å². The van der Waals surface area contributed by atoms with Crippen LogP contribution in [-0.2, 0) is 0 Å². The van der Waals surface area contributed by atoms with Crippen LogP contribution in [0.3, 0.4) is 0 Å². The molecule has 0 spiro atoms. The number of hydrogen-bond acceptors (Lipinski definition) is 0. The van der Waals surface area contributed by atoms with Gasteiger partial charge in [-0.15, -0.1) is 0 Å². The normalized spacial score (nSPS) is 33.9. The summed E-state index contributed by atoms with van der Waals surface area (Å²) in [5.41, 5.74) is 0. The molecule has 4 unspecified atom stereocenters. The molecule has 0 N–H and O–H groups in total. The Morgan fingerprint density at radius 1 is 0.393 bits per heavy atom. The second-order valence-electron chi connectivity index (χ2n) is 6.41. The number of hydrogen-bond donors (Lipinski definition) is 0. The third kappa shape index (κ3) is 4.74. The van der Waals surface area contributed by atoms with Crippen molar-refractivity contribution < 1.29 is 65.9 Å². The first-order chi connectivity index (χ1) is 12.1. The van der Waals surface area contributed by atoms with Crippen molar-refractivity contribution in [2.45, 2.75) is 44.2 Å². The van der Waals surface area contributed by atoms with Gasteiger partial charge in [0.15, 0.2) is 0 Å². The molecule has 1 fully saturated rings.